The highest BCUT2D eigenvalue weighted by molar-refractivity contribution is 5.92. The summed E-state index contributed by atoms with van der Waals surface area (Å²) in [4.78, 5) is 11.7. The van der Waals surface area contributed by atoms with Crippen LogP contribution < -0.4 is 4.74 Å². The van der Waals surface area contributed by atoms with Crippen LogP contribution in [0.1, 0.15) is 48.0 Å². The van der Waals surface area contributed by atoms with Gasteiger partial charge >= 0.3 is 5.97 Å². The zero-order valence-electron chi connectivity index (χ0n) is 13.9. The minimum atomic E-state index is -0.406. The lowest BCUT2D eigenvalue weighted by atomic mass is 9.84. The summed E-state index contributed by atoms with van der Waals surface area (Å²) in [6.45, 7) is 0. The Morgan fingerprint density at radius 3 is 2.43 bits per heavy atom. The second-order valence-corrected chi connectivity index (χ2v) is 6.50. The third-order valence-electron chi connectivity index (χ3n) is 5.29. The summed E-state index contributed by atoms with van der Waals surface area (Å²) in [5.74, 6) is 6.83. The molecule has 4 heteroatoms. The smallest absolute Gasteiger partial charge is 0.341 e. The summed E-state index contributed by atoms with van der Waals surface area (Å²) >= 11 is 0. The predicted octanol–water partition coefficient (Wildman–Crippen LogP) is 3.18. The van der Waals surface area contributed by atoms with Crippen molar-refractivity contribution >= 4 is 5.97 Å². The molecule has 2 aliphatic carbocycles. The normalized spacial score (nSPS) is 28.1. The first-order valence-corrected chi connectivity index (χ1v) is 7.90. The standard InChI is InChI=1S/C19H22O4/c1-21-16-12-14(4-5-15(16)17(20)22-2)6-7-18-8-10-19(13-18,23-3)11-9-18/h4-5,12H,8-11,13H2,1-3H3. The van der Waals surface area contributed by atoms with E-state index in [-0.39, 0.29) is 11.0 Å². The maximum atomic E-state index is 11.7. The lowest BCUT2D eigenvalue weighted by molar-refractivity contribution is -0.000319. The quantitative estimate of drug-likeness (QED) is 0.635. The largest absolute Gasteiger partial charge is 0.496 e. The van der Waals surface area contributed by atoms with Crippen LogP contribution in [0.5, 0.6) is 5.75 Å². The van der Waals surface area contributed by atoms with Crippen molar-refractivity contribution in [1.29, 1.82) is 0 Å². The number of hydrogen-bond acceptors (Lipinski definition) is 4. The maximum absolute atomic E-state index is 11.7. The number of hydrogen-bond donors (Lipinski definition) is 0. The van der Waals surface area contributed by atoms with Gasteiger partial charge in [-0.15, -0.1) is 0 Å². The number of ether oxygens (including phenoxy) is 3. The van der Waals surface area contributed by atoms with Gasteiger partial charge in [-0.3, -0.25) is 0 Å². The van der Waals surface area contributed by atoms with Crippen LogP contribution in [0.15, 0.2) is 18.2 Å². The number of fused-ring (bicyclic) bond motifs is 2. The summed E-state index contributed by atoms with van der Waals surface area (Å²) < 4.78 is 15.8. The zero-order chi connectivity index (χ0) is 16.5. The highest BCUT2D eigenvalue weighted by Crippen LogP contribution is 2.57. The third-order valence-corrected chi connectivity index (χ3v) is 5.29. The number of methoxy groups -OCH3 is 3. The van der Waals surface area contributed by atoms with Crippen LogP contribution in [0.3, 0.4) is 0 Å². The van der Waals surface area contributed by atoms with Crippen LogP contribution in [-0.4, -0.2) is 32.9 Å². The number of esters is 1. The molecule has 0 radical (unpaired) electrons. The molecule has 1 aromatic rings. The number of carbonyl (C=O) groups excluding carboxylic acids is 1. The van der Waals surface area contributed by atoms with Gasteiger partial charge in [0.15, 0.2) is 0 Å². The van der Waals surface area contributed by atoms with E-state index in [2.05, 4.69) is 11.8 Å². The molecule has 2 aliphatic rings. The van der Waals surface area contributed by atoms with E-state index in [1.165, 1.54) is 7.11 Å². The number of benzene rings is 1. The van der Waals surface area contributed by atoms with E-state index in [0.29, 0.717) is 11.3 Å². The fourth-order valence-electron chi connectivity index (χ4n) is 3.85. The molecule has 0 amide bonds. The van der Waals surface area contributed by atoms with Crippen molar-refractivity contribution in [2.75, 3.05) is 21.3 Å². The second kappa shape index (κ2) is 5.90. The fraction of sp³-hybridized carbons (Fsp3) is 0.526. The van der Waals surface area contributed by atoms with E-state index in [9.17, 15) is 4.79 Å². The number of rotatable bonds is 3. The highest BCUT2D eigenvalue weighted by Gasteiger charge is 2.53. The summed E-state index contributed by atoms with van der Waals surface area (Å²) in [7, 11) is 4.71. The number of carbonyl (C=O) groups is 1. The predicted molar refractivity (Wildman–Crippen MR) is 86.5 cm³/mol. The fourth-order valence-corrected chi connectivity index (χ4v) is 3.85. The van der Waals surface area contributed by atoms with Gasteiger partial charge in [0.05, 0.1) is 19.8 Å². The van der Waals surface area contributed by atoms with Crippen LogP contribution in [0.2, 0.25) is 0 Å². The van der Waals surface area contributed by atoms with E-state index in [0.717, 1.165) is 37.7 Å². The van der Waals surface area contributed by atoms with Gasteiger partial charge in [0.1, 0.15) is 11.3 Å². The van der Waals surface area contributed by atoms with E-state index in [1.54, 1.807) is 19.2 Å². The Kier molecular flexibility index (Phi) is 4.08. The van der Waals surface area contributed by atoms with Crippen LogP contribution >= 0.6 is 0 Å². The molecule has 2 fully saturated rings. The van der Waals surface area contributed by atoms with Crippen molar-refractivity contribution < 1.29 is 19.0 Å². The molecule has 0 atom stereocenters. The molecule has 23 heavy (non-hydrogen) atoms. The maximum Gasteiger partial charge on any atom is 0.341 e. The molecular formula is C19H22O4. The van der Waals surface area contributed by atoms with Crippen molar-refractivity contribution in [3.63, 3.8) is 0 Å². The van der Waals surface area contributed by atoms with Crippen molar-refractivity contribution in [2.45, 2.75) is 37.7 Å². The molecule has 0 saturated heterocycles. The van der Waals surface area contributed by atoms with Crippen molar-refractivity contribution in [2.24, 2.45) is 5.41 Å². The van der Waals surface area contributed by atoms with Gasteiger partial charge in [-0.25, -0.2) is 4.79 Å². The molecule has 0 spiro atoms. The highest BCUT2D eigenvalue weighted by atomic mass is 16.5. The topological polar surface area (TPSA) is 44.8 Å². The van der Waals surface area contributed by atoms with Crippen molar-refractivity contribution in [3.8, 4) is 17.6 Å². The summed E-state index contributed by atoms with van der Waals surface area (Å²) in [6, 6.07) is 5.34. The molecule has 2 bridgehead atoms. The van der Waals surface area contributed by atoms with E-state index < -0.39 is 5.97 Å². The molecule has 4 nitrogen and oxygen atoms in total. The monoisotopic (exact) mass is 314 g/mol. The SMILES string of the molecule is COC(=O)c1ccc(C#CC23CCC(OC)(CC2)C3)cc1OC. The second-order valence-electron chi connectivity index (χ2n) is 6.50. The minimum Gasteiger partial charge on any atom is -0.496 e. The van der Waals surface area contributed by atoms with E-state index >= 15 is 0 Å². The van der Waals surface area contributed by atoms with Gasteiger partial charge < -0.3 is 14.2 Å². The Morgan fingerprint density at radius 1 is 1.13 bits per heavy atom. The van der Waals surface area contributed by atoms with Crippen LogP contribution in [0.25, 0.3) is 0 Å². The lowest BCUT2D eigenvalue weighted by Gasteiger charge is -2.24. The Labute approximate surface area is 137 Å². The average Bonchev–Trinajstić information content (AvgIpc) is 3.16. The Balaban J connectivity index is 1.84. The van der Waals surface area contributed by atoms with Gasteiger partial charge in [0.25, 0.3) is 0 Å². The van der Waals surface area contributed by atoms with Gasteiger partial charge in [0.2, 0.25) is 0 Å². The first-order valence-electron chi connectivity index (χ1n) is 7.90. The molecule has 2 saturated carbocycles. The molecule has 0 aromatic heterocycles. The van der Waals surface area contributed by atoms with Crippen LogP contribution in [-0.2, 0) is 9.47 Å². The van der Waals surface area contributed by atoms with Gasteiger partial charge in [-0.2, -0.15) is 0 Å². The summed E-state index contributed by atoms with van der Waals surface area (Å²) in [5, 5.41) is 0. The first kappa shape index (κ1) is 15.9. The van der Waals surface area contributed by atoms with Crippen LogP contribution in [0, 0.1) is 17.3 Å². The molecule has 0 aliphatic heterocycles. The molecule has 0 heterocycles. The minimum absolute atomic E-state index is 0.0567. The molecule has 1 aromatic carbocycles. The Morgan fingerprint density at radius 2 is 1.87 bits per heavy atom. The Bertz CT molecular complexity index is 672. The Hall–Kier alpha value is -1.99. The van der Waals surface area contributed by atoms with Crippen LogP contribution in [0.4, 0.5) is 0 Å². The van der Waals surface area contributed by atoms with Gasteiger partial charge in [-0.05, 0) is 50.3 Å². The lowest BCUT2D eigenvalue weighted by Crippen LogP contribution is -2.24. The average molecular weight is 314 g/mol. The third kappa shape index (κ3) is 2.82. The first-order chi connectivity index (χ1) is 11.1. The molecule has 0 unspecified atom stereocenters. The molecule has 122 valence electrons. The molecular weight excluding hydrogens is 292 g/mol. The van der Waals surface area contributed by atoms with Gasteiger partial charge in [0, 0.05) is 18.1 Å². The van der Waals surface area contributed by atoms with E-state index in [1.807, 2.05) is 13.2 Å². The van der Waals surface area contributed by atoms with E-state index in [4.69, 9.17) is 14.2 Å². The molecule has 3 rings (SSSR count). The van der Waals surface area contributed by atoms with Crippen molar-refractivity contribution in [1.82, 2.24) is 0 Å². The van der Waals surface area contributed by atoms with Gasteiger partial charge in [-0.1, -0.05) is 11.8 Å². The van der Waals surface area contributed by atoms with Crippen molar-refractivity contribution in [3.05, 3.63) is 29.3 Å². The summed E-state index contributed by atoms with van der Waals surface area (Å²) in [5.41, 5.74) is 1.41. The zero-order valence-corrected chi connectivity index (χ0v) is 13.9. The summed E-state index contributed by atoms with van der Waals surface area (Å²) in [6.07, 6.45) is 5.43. The molecule has 0 N–H and O–H groups in total.